The zero-order valence-electron chi connectivity index (χ0n) is 13.8. The molecule has 3 heteroatoms. The number of rotatable bonds is 7. The number of unbranched alkanes of at least 4 members (excludes halogenated alkanes) is 3. The smallest absolute Gasteiger partial charge is 0.309 e. The molecule has 1 aliphatic rings. The van der Waals surface area contributed by atoms with E-state index < -0.39 is 0 Å². The predicted octanol–water partition coefficient (Wildman–Crippen LogP) is 4.40. The van der Waals surface area contributed by atoms with Gasteiger partial charge in [0.25, 0.3) is 0 Å². The second-order valence-corrected chi connectivity index (χ2v) is 6.49. The van der Waals surface area contributed by atoms with Crippen molar-refractivity contribution in [3.05, 3.63) is 29.3 Å². The first-order chi connectivity index (χ1) is 10.6. The zero-order chi connectivity index (χ0) is 15.9. The lowest BCUT2D eigenvalue weighted by molar-refractivity contribution is -0.154. The maximum Gasteiger partial charge on any atom is 0.309 e. The van der Waals surface area contributed by atoms with Gasteiger partial charge in [-0.1, -0.05) is 32.3 Å². The summed E-state index contributed by atoms with van der Waals surface area (Å²) in [6.45, 7) is 4.20. The van der Waals surface area contributed by atoms with Crippen molar-refractivity contribution in [3.8, 4) is 5.75 Å². The fraction of sp³-hybridized carbons (Fsp3) is 0.632. The Morgan fingerprint density at radius 3 is 2.91 bits per heavy atom. The number of phenols is 1. The van der Waals surface area contributed by atoms with Crippen LogP contribution in [0, 0.1) is 5.92 Å². The minimum atomic E-state index is -0.0540. The van der Waals surface area contributed by atoms with Gasteiger partial charge in [-0.05, 0) is 62.3 Å². The highest BCUT2D eigenvalue weighted by Gasteiger charge is 2.27. The van der Waals surface area contributed by atoms with Crippen molar-refractivity contribution in [3.63, 3.8) is 0 Å². The van der Waals surface area contributed by atoms with E-state index in [1.807, 2.05) is 19.1 Å². The van der Waals surface area contributed by atoms with Gasteiger partial charge in [0.1, 0.15) is 5.75 Å². The van der Waals surface area contributed by atoms with Gasteiger partial charge in [0, 0.05) is 0 Å². The molecule has 0 spiro atoms. The Labute approximate surface area is 133 Å². The number of aryl methyl sites for hydroxylation is 1. The molecule has 22 heavy (non-hydrogen) atoms. The number of fused-ring (bicyclic) bond motifs is 1. The Morgan fingerprint density at radius 2 is 2.14 bits per heavy atom. The third-order valence-corrected chi connectivity index (χ3v) is 4.53. The molecule has 0 saturated heterocycles. The third-order valence-electron chi connectivity index (χ3n) is 4.53. The molecule has 2 unspecified atom stereocenters. The lowest BCUT2D eigenvalue weighted by atomic mass is 9.84. The minimum absolute atomic E-state index is 0.0190. The third kappa shape index (κ3) is 4.75. The molecule has 1 N–H and O–H groups in total. The molecule has 2 atom stereocenters. The summed E-state index contributed by atoms with van der Waals surface area (Å²) in [5, 5.41) is 9.51. The molecule has 0 aliphatic heterocycles. The second-order valence-electron chi connectivity index (χ2n) is 6.49. The van der Waals surface area contributed by atoms with Crippen LogP contribution in [0.3, 0.4) is 0 Å². The molecule has 0 bridgehead atoms. The van der Waals surface area contributed by atoms with Crippen LogP contribution in [-0.2, 0) is 22.4 Å². The number of hydrogen-bond acceptors (Lipinski definition) is 3. The van der Waals surface area contributed by atoms with Gasteiger partial charge < -0.3 is 9.84 Å². The van der Waals surface area contributed by atoms with Gasteiger partial charge >= 0.3 is 5.97 Å². The van der Waals surface area contributed by atoms with Crippen LogP contribution in [-0.4, -0.2) is 17.2 Å². The van der Waals surface area contributed by atoms with E-state index in [-0.39, 0.29) is 18.0 Å². The van der Waals surface area contributed by atoms with Crippen molar-refractivity contribution in [2.45, 2.75) is 71.3 Å². The molecule has 2 rings (SSSR count). The van der Waals surface area contributed by atoms with Crippen LogP contribution in [0.1, 0.15) is 63.5 Å². The van der Waals surface area contributed by atoms with E-state index in [2.05, 4.69) is 6.92 Å². The van der Waals surface area contributed by atoms with Gasteiger partial charge in [-0.3, -0.25) is 4.79 Å². The average Bonchev–Trinajstić information content (AvgIpc) is 2.51. The summed E-state index contributed by atoms with van der Waals surface area (Å²) in [6.07, 6.45) is 8.21. The number of carbonyl (C=O) groups excluding carboxylic acids is 1. The molecule has 0 amide bonds. The molecular formula is C19H28O3. The quantitative estimate of drug-likeness (QED) is 0.600. The molecule has 1 aromatic rings. The lowest BCUT2D eigenvalue weighted by Gasteiger charge is -2.25. The summed E-state index contributed by atoms with van der Waals surface area (Å²) in [6, 6.07) is 5.44. The highest BCUT2D eigenvalue weighted by molar-refractivity contribution is 5.73. The van der Waals surface area contributed by atoms with Gasteiger partial charge in [-0.15, -0.1) is 0 Å². The predicted molar refractivity (Wildman–Crippen MR) is 87.9 cm³/mol. The molecule has 0 saturated carbocycles. The first kappa shape index (κ1) is 16.9. The summed E-state index contributed by atoms with van der Waals surface area (Å²) < 4.78 is 5.62. The molecule has 3 nitrogen and oxygen atoms in total. The van der Waals surface area contributed by atoms with Gasteiger partial charge in [0.15, 0.2) is 0 Å². The van der Waals surface area contributed by atoms with Crippen LogP contribution < -0.4 is 0 Å². The van der Waals surface area contributed by atoms with E-state index in [0.29, 0.717) is 5.75 Å². The molecule has 1 aromatic carbocycles. The largest absolute Gasteiger partial charge is 0.508 e. The minimum Gasteiger partial charge on any atom is -0.508 e. The number of aromatic hydroxyl groups is 1. The number of esters is 1. The van der Waals surface area contributed by atoms with Crippen molar-refractivity contribution in [1.82, 2.24) is 0 Å². The standard InChI is InChI=1S/C19H28O3/c1-3-4-5-6-7-14(2)22-19(21)17-9-8-16-13-18(20)11-10-15(16)12-17/h10-11,13-14,17,20H,3-9,12H2,1-2H3. The van der Waals surface area contributed by atoms with Gasteiger partial charge in [0.05, 0.1) is 12.0 Å². The number of hydrogen-bond donors (Lipinski definition) is 1. The van der Waals surface area contributed by atoms with E-state index in [9.17, 15) is 9.90 Å². The maximum absolute atomic E-state index is 12.3. The fourth-order valence-electron chi connectivity index (χ4n) is 3.15. The highest BCUT2D eigenvalue weighted by Crippen LogP contribution is 2.29. The molecule has 122 valence electrons. The summed E-state index contributed by atoms with van der Waals surface area (Å²) in [5.41, 5.74) is 2.33. The zero-order valence-corrected chi connectivity index (χ0v) is 13.8. The van der Waals surface area contributed by atoms with Crippen LogP contribution in [0.5, 0.6) is 5.75 Å². The summed E-state index contributed by atoms with van der Waals surface area (Å²) in [4.78, 5) is 12.3. The Bertz CT molecular complexity index is 495. The molecule has 0 aromatic heterocycles. The fourth-order valence-corrected chi connectivity index (χ4v) is 3.15. The average molecular weight is 304 g/mol. The van der Waals surface area contributed by atoms with Crippen molar-refractivity contribution >= 4 is 5.97 Å². The summed E-state index contributed by atoms with van der Waals surface area (Å²) in [7, 11) is 0. The molecule has 0 radical (unpaired) electrons. The summed E-state index contributed by atoms with van der Waals surface area (Å²) >= 11 is 0. The Morgan fingerprint density at radius 1 is 1.32 bits per heavy atom. The number of benzene rings is 1. The van der Waals surface area contributed by atoms with Gasteiger partial charge in [-0.2, -0.15) is 0 Å². The van der Waals surface area contributed by atoms with E-state index >= 15 is 0 Å². The number of carbonyl (C=O) groups is 1. The summed E-state index contributed by atoms with van der Waals surface area (Å²) in [5.74, 6) is 0.220. The van der Waals surface area contributed by atoms with Crippen LogP contribution in [0.2, 0.25) is 0 Å². The van der Waals surface area contributed by atoms with Gasteiger partial charge in [-0.25, -0.2) is 0 Å². The van der Waals surface area contributed by atoms with Crippen LogP contribution in [0.4, 0.5) is 0 Å². The normalized spacial score (nSPS) is 18.5. The molecular weight excluding hydrogens is 276 g/mol. The second kappa shape index (κ2) is 8.21. The van der Waals surface area contributed by atoms with Gasteiger partial charge in [0.2, 0.25) is 0 Å². The topological polar surface area (TPSA) is 46.5 Å². The van der Waals surface area contributed by atoms with Crippen molar-refractivity contribution in [1.29, 1.82) is 0 Å². The van der Waals surface area contributed by atoms with Crippen LogP contribution in [0.15, 0.2) is 18.2 Å². The Kier molecular flexibility index (Phi) is 6.29. The Hall–Kier alpha value is -1.51. The van der Waals surface area contributed by atoms with E-state index in [4.69, 9.17) is 4.74 Å². The van der Waals surface area contributed by atoms with E-state index in [1.54, 1.807) is 6.07 Å². The van der Waals surface area contributed by atoms with Crippen molar-refractivity contribution in [2.75, 3.05) is 0 Å². The number of ether oxygens (including phenoxy) is 1. The van der Waals surface area contributed by atoms with Crippen molar-refractivity contribution in [2.24, 2.45) is 5.92 Å². The first-order valence-electron chi connectivity index (χ1n) is 8.61. The number of phenolic OH excluding ortho intramolecular Hbond substituents is 1. The molecule has 1 aliphatic carbocycles. The lowest BCUT2D eigenvalue weighted by Crippen LogP contribution is -2.27. The molecule has 0 fully saturated rings. The van der Waals surface area contributed by atoms with E-state index in [0.717, 1.165) is 37.7 Å². The van der Waals surface area contributed by atoms with Crippen molar-refractivity contribution < 1.29 is 14.6 Å². The first-order valence-corrected chi connectivity index (χ1v) is 8.61. The monoisotopic (exact) mass is 304 g/mol. The maximum atomic E-state index is 12.3. The Balaban J connectivity index is 1.80. The van der Waals surface area contributed by atoms with E-state index in [1.165, 1.54) is 24.8 Å². The highest BCUT2D eigenvalue weighted by atomic mass is 16.5. The van der Waals surface area contributed by atoms with Crippen LogP contribution >= 0.6 is 0 Å². The van der Waals surface area contributed by atoms with Crippen LogP contribution in [0.25, 0.3) is 0 Å². The SMILES string of the molecule is CCCCCCC(C)OC(=O)C1CCc2cc(O)ccc2C1. The molecule has 0 heterocycles.